The largest absolute Gasteiger partial charge is 0.497 e. The second kappa shape index (κ2) is 7.83. The average molecular weight is 354 g/mol. The van der Waals surface area contributed by atoms with Gasteiger partial charge in [-0.2, -0.15) is 0 Å². The molecule has 1 aliphatic carbocycles. The normalized spacial score (nSPS) is 21.6. The minimum absolute atomic E-state index is 0.447. The number of hydrogen-bond donors (Lipinski definition) is 2. The third-order valence-electron chi connectivity index (χ3n) is 4.49. The van der Waals surface area contributed by atoms with Crippen molar-refractivity contribution in [3.8, 4) is 5.75 Å². The van der Waals surface area contributed by atoms with Crippen molar-refractivity contribution in [3.63, 3.8) is 0 Å². The van der Waals surface area contributed by atoms with Gasteiger partial charge in [-0.1, -0.05) is 12.8 Å². The van der Waals surface area contributed by atoms with E-state index in [2.05, 4.69) is 5.32 Å². The fraction of sp³-hybridized carbons (Fsp3) is 0.571. The highest BCUT2D eigenvalue weighted by Crippen LogP contribution is 2.39. The van der Waals surface area contributed by atoms with Crippen LogP contribution in [-0.4, -0.2) is 32.5 Å². The summed E-state index contributed by atoms with van der Waals surface area (Å²) < 4.78 is 0. The summed E-state index contributed by atoms with van der Waals surface area (Å²) in [4.78, 5) is 27.8. The molecule has 1 saturated heterocycles. The van der Waals surface area contributed by atoms with Crippen LogP contribution >= 0.6 is 0 Å². The maximum Gasteiger partial charge on any atom is 0.324 e. The van der Waals surface area contributed by atoms with Crippen molar-refractivity contribution in [2.45, 2.75) is 38.1 Å². The van der Waals surface area contributed by atoms with Crippen molar-refractivity contribution >= 4 is 17.1 Å². The number of phenolic OH excluding ortho intramolecular Hbond substituents is 1. The molecule has 2 fully saturated rings. The number of nitrogens with one attached hydrogen (secondary N) is 1. The molecule has 1 heterocycles. The summed E-state index contributed by atoms with van der Waals surface area (Å²) in [6.07, 6.45) is 7.35. The summed E-state index contributed by atoms with van der Waals surface area (Å²) in [6, 6.07) is 1.81. The molecule has 25 heavy (non-hydrogen) atoms. The third-order valence-corrected chi connectivity index (χ3v) is 4.49. The number of phenols is 1. The molecule has 2 atom stereocenters. The molecule has 3 rings (SSSR count). The van der Waals surface area contributed by atoms with Crippen molar-refractivity contribution in [3.05, 3.63) is 42.5 Å². The van der Waals surface area contributed by atoms with Gasteiger partial charge in [-0.15, -0.1) is 0 Å². The van der Waals surface area contributed by atoms with E-state index < -0.39 is 37.6 Å². The fourth-order valence-electron chi connectivity index (χ4n) is 3.25. The minimum atomic E-state index is -1.21. The first-order chi connectivity index (χ1) is 11.8. The van der Waals surface area contributed by atoms with Gasteiger partial charge in [-0.05, 0) is 31.7 Å². The zero-order chi connectivity index (χ0) is 18.6. The Bertz CT molecular complexity index is 647. The molecule has 1 aromatic rings. The number of nitro benzene ring substituents is 3. The number of aromatic hydroxyl groups is 1. The second-order valence-corrected chi connectivity index (χ2v) is 6.00. The maximum absolute atomic E-state index is 10.4. The standard InChI is InChI=1S/C8H15N.C6H3N3O7/c1-2-4-8-7(3-1)5-6-9-8;10-6-4(8(13)14)1-3(7(11)12)2-5(6)9(15)16/h7-9H,1-6H2;1-2,10H/t7-,8+;/m0./s1. The van der Waals surface area contributed by atoms with Gasteiger partial charge < -0.3 is 10.4 Å². The van der Waals surface area contributed by atoms with E-state index in [4.69, 9.17) is 5.11 Å². The van der Waals surface area contributed by atoms with Crippen molar-refractivity contribution in [2.24, 2.45) is 5.92 Å². The second-order valence-electron chi connectivity index (χ2n) is 6.00. The SMILES string of the molecule is C1CC[C@H]2NCC[C@@H]2C1.O=[N+]([O-])c1cc([N+](=O)[O-])c(O)c([N+](=O)[O-])c1. The number of benzene rings is 1. The quantitative estimate of drug-likeness (QED) is 0.618. The monoisotopic (exact) mass is 354 g/mol. The molecule has 0 bridgehead atoms. The van der Waals surface area contributed by atoms with Gasteiger partial charge in [0, 0.05) is 6.04 Å². The lowest BCUT2D eigenvalue weighted by molar-refractivity contribution is -0.404. The van der Waals surface area contributed by atoms with Crippen molar-refractivity contribution in [2.75, 3.05) is 6.54 Å². The number of nitro groups is 3. The van der Waals surface area contributed by atoms with Crippen LogP contribution in [0.2, 0.25) is 0 Å². The molecule has 0 radical (unpaired) electrons. The number of fused-ring (bicyclic) bond motifs is 1. The number of rotatable bonds is 3. The molecule has 1 saturated carbocycles. The Balaban J connectivity index is 0.000000208. The molecule has 0 aromatic heterocycles. The van der Waals surface area contributed by atoms with E-state index in [0.717, 1.165) is 12.0 Å². The van der Waals surface area contributed by atoms with Crippen LogP contribution in [-0.2, 0) is 0 Å². The zero-order valence-electron chi connectivity index (χ0n) is 13.3. The number of hydrogen-bond acceptors (Lipinski definition) is 8. The molecule has 136 valence electrons. The Morgan fingerprint density at radius 1 is 0.920 bits per heavy atom. The van der Waals surface area contributed by atoms with E-state index in [-0.39, 0.29) is 0 Å². The highest BCUT2D eigenvalue weighted by Gasteiger charge is 2.30. The molecule has 2 N–H and O–H groups in total. The predicted octanol–water partition coefficient (Wildman–Crippen LogP) is 2.66. The Labute approximate surface area is 142 Å². The van der Waals surface area contributed by atoms with Crippen LogP contribution < -0.4 is 5.32 Å². The topological polar surface area (TPSA) is 162 Å². The van der Waals surface area contributed by atoms with Gasteiger partial charge in [0.1, 0.15) is 0 Å². The fourth-order valence-corrected chi connectivity index (χ4v) is 3.25. The van der Waals surface area contributed by atoms with E-state index in [0.29, 0.717) is 12.1 Å². The molecule has 11 nitrogen and oxygen atoms in total. The molecule has 11 heteroatoms. The smallest absolute Gasteiger partial charge is 0.324 e. The van der Waals surface area contributed by atoms with Crippen molar-refractivity contribution in [1.29, 1.82) is 0 Å². The first-order valence-electron chi connectivity index (χ1n) is 7.84. The summed E-state index contributed by atoms with van der Waals surface area (Å²) >= 11 is 0. The Morgan fingerprint density at radius 3 is 1.96 bits per heavy atom. The van der Waals surface area contributed by atoms with E-state index in [1.54, 1.807) is 0 Å². The van der Waals surface area contributed by atoms with E-state index in [1.165, 1.54) is 38.6 Å². The first kappa shape index (κ1) is 18.5. The van der Waals surface area contributed by atoms with Crippen LogP contribution in [0.4, 0.5) is 17.1 Å². The van der Waals surface area contributed by atoms with Gasteiger partial charge in [-0.3, -0.25) is 30.3 Å². The van der Waals surface area contributed by atoms with Gasteiger partial charge in [-0.25, -0.2) is 0 Å². The lowest BCUT2D eigenvalue weighted by Gasteiger charge is -2.24. The van der Waals surface area contributed by atoms with Crippen LogP contribution in [0.3, 0.4) is 0 Å². The van der Waals surface area contributed by atoms with Gasteiger partial charge in [0.2, 0.25) is 0 Å². The Morgan fingerprint density at radius 2 is 1.48 bits per heavy atom. The number of nitrogens with zero attached hydrogens (tertiary/aromatic N) is 3. The van der Waals surface area contributed by atoms with Crippen LogP contribution in [0.1, 0.15) is 32.1 Å². The van der Waals surface area contributed by atoms with Gasteiger partial charge >= 0.3 is 11.4 Å². The van der Waals surface area contributed by atoms with E-state index in [9.17, 15) is 30.3 Å². The zero-order valence-corrected chi connectivity index (χ0v) is 13.3. The molecule has 2 aliphatic rings. The van der Waals surface area contributed by atoms with Crippen molar-refractivity contribution < 1.29 is 19.9 Å². The van der Waals surface area contributed by atoms with E-state index in [1.807, 2.05) is 0 Å². The summed E-state index contributed by atoms with van der Waals surface area (Å²) in [7, 11) is 0. The molecule has 0 amide bonds. The summed E-state index contributed by atoms with van der Waals surface area (Å²) in [5.41, 5.74) is -3.00. The minimum Gasteiger partial charge on any atom is -0.497 e. The van der Waals surface area contributed by atoms with Crippen molar-refractivity contribution in [1.82, 2.24) is 5.32 Å². The van der Waals surface area contributed by atoms with E-state index >= 15 is 0 Å². The lowest BCUT2D eigenvalue weighted by Crippen LogP contribution is -2.29. The van der Waals surface area contributed by atoms with Gasteiger partial charge in [0.15, 0.2) is 0 Å². The molecule has 1 aromatic carbocycles. The average Bonchev–Trinajstić information content (AvgIpc) is 3.03. The maximum atomic E-state index is 10.4. The molecule has 0 unspecified atom stereocenters. The summed E-state index contributed by atoms with van der Waals surface area (Å²) in [6.45, 7) is 1.29. The van der Waals surface area contributed by atoms with Crippen LogP contribution in [0.25, 0.3) is 0 Å². The predicted molar refractivity (Wildman–Crippen MR) is 86.4 cm³/mol. The molecular formula is C14H18N4O7. The molecule has 1 aliphatic heterocycles. The Kier molecular flexibility index (Phi) is 5.80. The van der Waals surface area contributed by atoms with Gasteiger partial charge in [0.25, 0.3) is 11.4 Å². The summed E-state index contributed by atoms with van der Waals surface area (Å²) in [5.74, 6) is -0.153. The molecular weight excluding hydrogens is 336 g/mol. The van der Waals surface area contributed by atoms with Crippen LogP contribution in [0.15, 0.2) is 12.1 Å². The van der Waals surface area contributed by atoms with Gasteiger partial charge in [0.05, 0.1) is 26.9 Å². The highest BCUT2D eigenvalue weighted by molar-refractivity contribution is 5.64. The molecule has 0 spiro atoms. The highest BCUT2D eigenvalue weighted by atomic mass is 16.6. The summed E-state index contributed by atoms with van der Waals surface area (Å²) in [5, 5.41) is 43.8. The van der Waals surface area contributed by atoms with Crippen LogP contribution in [0, 0.1) is 36.3 Å². The Hall–Kier alpha value is -2.82. The lowest BCUT2D eigenvalue weighted by atomic mass is 9.86. The third kappa shape index (κ3) is 4.38. The number of non-ortho nitro benzene ring substituents is 1. The first-order valence-corrected chi connectivity index (χ1v) is 7.84. The van der Waals surface area contributed by atoms with Crippen LogP contribution in [0.5, 0.6) is 5.75 Å².